The zero-order valence-electron chi connectivity index (χ0n) is 9.46. The molecule has 0 fully saturated rings. The number of nitrogens with zero attached hydrogens (tertiary/aromatic N) is 1. The third-order valence-electron chi connectivity index (χ3n) is 2.06. The van der Waals surface area contributed by atoms with Gasteiger partial charge in [-0.05, 0) is 19.1 Å². The van der Waals surface area contributed by atoms with Gasteiger partial charge in [-0.3, -0.25) is 0 Å². The quantitative estimate of drug-likeness (QED) is 0.765. The van der Waals surface area contributed by atoms with Gasteiger partial charge in [0.1, 0.15) is 12.4 Å². The average molecular weight is 254 g/mol. The number of para-hydroxylation sites is 1. The predicted molar refractivity (Wildman–Crippen MR) is 63.9 cm³/mol. The first-order valence-corrected chi connectivity index (χ1v) is 6.67. The molecule has 1 unspecified atom stereocenters. The Labute approximate surface area is 101 Å². The van der Waals surface area contributed by atoms with E-state index in [1.54, 1.807) is 18.2 Å². The fourth-order valence-corrected chi connectivity index (χ4v) is 1.82. The van der Waals surface area contributed by atoms with Crippen molar-refractivity contribution in [2.45, 2.75) is 12.2 Å². The number of hydrogen-bond acceptors (Lipinski definition) is 4. The standard InChI is InChI=1S/C11H14N2O3S/c1-10(9-12)17(14,15)13-7-8-16-11-5-3-2-4-6-11/h2-6,10,13H,7-8H2,1H3. The minimum Gasteiger partial charge on any atom is -0.492 e. The minimum absolute atomic E-state index is 0.142. The third kappa shape index (κ3) is 4.43. The van der Waals surface area contributed by atoms with Gasteiger partial charge < -0.3 is 4.74 Å². The summed E-state index contributed by atoms with van der Waals surface area (Å²) in [5.41, 5.74) is 0. The first-order valence-electron chi connectivity index (χ1n) is 5.12. The summed E-state index contributed by atoms with van der Waals surface area (Å²) in [7, 11) is -3.56. The summed E-state index contributed by atoms with van der Waals surface area (Å²) >= 11 is 0. The monoisotopic (exact) mass is 254 g/mol. The van der Waals surface area contributed by atoms with Gasteiger partial charge in [0.25, 0.3) is 0 Å². The van der Waals surface area contributed by atoms with Crippen LogP contribution in [0.25, 0.3) is 0 Å². The molecule has 6 heteroatoms. The number of ether oxygens (including phenoxy) is 1. The Bertz CT molecular complexity index is 479. The third-order valence-corrected chi connectivity index (χ3v) is 3.71. The molecule has 0 saturated carbocycles. The van der Waals surface area contributed by atoms with Crippen LogP contribution < -0.4 is 9.46 Å². The first kappa shape index (κ1) is 13.5. The lowest BCUT2D eigenvalue weighted by molar-refractivity contribution is 0.323. The molecule has 1 N–H and O–H groups in total. The van der Waals surface area contributed by atoms with E-state index < -0.39 is 15.3 Å². The second-order valence-electron chi connectivity index (χ2n) is 3.37. The summed E-state index contributed by atoms with van der Waals surface area (Å²) in [6.07, 6.45) is 0. The summed E-state index contributed by atoms with van der Waals surface area (Å²) in [5.74, 6) is 0.681. The largest absolute Gasteiger partial charge is 0.492 e. The summed E-state index contributed by atoms with van der Waals surface area (Å²) in [5, 5.41) is 7.45. The van der Waals surface area contributed by atoms with Gasteiger partial charge in [0.15, 0.2) is 5.25 Å². The topological polar surface area (TPSA) is 79.2 Å². The molecule has 0 heterocycles. The Kier molecular flexibility index (Phi) is 4.94. The smallest absolute Gasteiger partial charge is 0.227 e. The highest BCUT2D eigenvalue weighted by molar-refractivity contribution is 7.90. The molecule has 5 nitrogen and oxygen atoms in total. The maximum Gasteiger partial charge on any atom is 0.227 e. The van der Waals surface area contributed by atoms with Crippen LogP contribution in [-0.2, 0) is 10.0 Å². The van der Waals surface area contributed by atoms with Gasteiger partial charge in [-0.1, -0.05) is 18.2 Å². The van der Waals surface area contributed by atoms with E-state index in [1.165, 1.54) is 6.92 Å². The number of hydrogen-bond donors (Lipinski definition) is 1. The van der Waals surface area contributed by atoms with Crippen LogP contribution in [-0.4, -0.2) is 26.8 Å². The van der Waals surface area contributed by atoms with Crippen molar-refractivity contribution in [1.29, 1.82) is 5.26 Å². The molecule has 0 amide bonds. The summed E-state index contributed by atoms with van der Waals surface area (Å²) in [4.78, 5) is 0. The van der Waals surface area contributed by atoms with Gasteiger partial charge in [-0.2, -0.15) is 5.26 Å². The molecule has 0 aromatic heterocycles. The maximum atomic E-state index is 11.4. The van der Waals surface area contributed by atoms with Crippen molar-refractivity contribution in [3.05, 3.63) is 30.3 Å². The van der Waals surface area contributed by atoms with Gasteiger partial charge in [0.2, 0.25) is 10.0 Å². The fourth-order valence-electron chi connectivity index (χ4n) is 1.06. The molecule has 0 bridgehead atoms. The molecule has 0 aliphatic heterocycles. The van der Waals surface area contributed by atoms with Crippen molar-refractivity contribution < 1.29 is 13.2 Å². The Morgan fingerprint density at radius 3 is 2.65 bits per heavy atom. The van der Waals surface area contributed by atoms with Crippen molar-refractivity contribution >= 4 is 10.0 Å². The van der Waals surface area contributed by atoms with Crippen molar-refractivity contribution in [2.75, 3.05) is 13.2 Å². The first-order chi connectivity index (χ1) is 8.06. The maximum absolute atomic E-state index is 11.4. The number of nitrogens with one attached hydrogen (secondary N) is 1. The molecule has 1 atom stereocenters. The second-order valence-corrected chi connectivity index (χ2v) is 5.46. The van der Waals surface area contributed by atoms with Crippen molar-refractivity contribution in [3.8, 4) is 11.8 Å². The van der Waals surface area contributed by atoms with E-state index in [2.05, 4.69) is 4.72 Å². The van der Waals surface area contributed by atoms with Crippen LogP contribution in [0.15, 0.2) is 30.3 Å². The molecule has 0 spiro atoms. The normalized spacial score (nSPS) is 12.7. The zero-order valence-corrected chi connectivity index (χ0v) is 10.3. The van der Waals surface area contributed by atoms with E-state index >= 15 is 0 Å². The van der Waals surface area contributed by atoms with Crippen LogP contribution >= 0.6 is 0 Å². The number of benzene rings is 1. The molecule has 1 aromatic rings. The molecular weight excluding hydrogens is 240 g/mol. The molecule has 0 aliphatic carbocycles. The highest BCUT2D eigenvalue weighted by Gasteiger charge is 2.18. The van der Waals surface area contributed by atoms with Gasteiger partial charge in [-0.15, -0.1) is 0 Å². The van der Waals surface area contributed by atoms with Gasteiger partial charge in [0, 0.05) is 6.54 Å². The number of sulfonamides is 1. The lowest BCUT2D eigenvalue weighted by Gasteiger charge is -2.09. The van der Waals surface area contributed by atoms with Gasteiger partial charge in [0.05, 0.1) is 6.07 Å². The molecule has 0 aliphatic rings. The second kappa shape index (κ2) is 6.23. The zero-order chi connectivity index (χ0) is 12.7. The van der Waals surface area contributed by atoms with E-state index in [0.29, 0.717) is 5.75 Å². The van der Waals surface area contributed by atoms with Crippen molar-refractivity contribution in [1.82, 2.24) is 4.72 Å². The molecule has 1 aromatic carbocycles. The average Bonchev–Trinajstić information content (AvgIpc) is 2.35. The summed E-state index contributed by atoms with van der Waals surface area (Å²) in [6.45, 7) is 1.70. The lowest BCUT2D eigenvalue weighted by atomic mass is 10.3. The van der Waals surface area contributed by atoms with Crippen LogP contribution in [0.5, 0.6) is 5.75 Å². The Morgan fingerprint density at radius 1 is 1.41 bits per heavy atom. The SMILES string of the molecule is CC(C#N)S(=O)(=O)NCCOc1ccccc1. The summed E-state index contributed by atoms with van der Waals surface area (Å²) < 4.78 is 30.4. The highest BCUT2D eigenvalue weighted by Crippen LogP contribution is 2.07. The van der Waals surface area contributed by atoms with E-state index in [4.69, 9.17) is 10.00 Å². The van der Waals surface area contributed by atoms with Gasteiger partial charge >= 0.3 is 0 Å². The Hall–Kier alpha value is -1.58. The lowest BCUT2D eigenvalue weighted by Crippen LogP contribution is -2.34. The molecule has 1 rings (SSSR count). The fraction of sp³-hybridized carbons (Fsp3) is 0.364. The molecule has 92 valence electrons. The number of rotatable bonds is 6. The molecule has 0 radical (unpaired) electrons. The molecule has 0 saturated heterocycles. The van der Waals surface area contributed by atoms with Crippen LogP contribution in [0.1, 0.15) is 6.92 Å². The van der Waals surface area contributed by atoms with E-state index in [9.17, 15) is 8.42 Å². The van der Waals surface area contributed by atoms with Crippen molar-refractivity contribution in [2.24, 2.45) is 0 Å². The Morgan fingerprint density at radius 2 is 2.06 bits per heavy atom. The molecule has 17 heavy (non-hydrogen) atoms. The highest BCUT2D eigenvalue weighted by atomic mass is 32.2. The van der Waals surface area contributed by atoms with Crippen LogP contribution in [0, 0.1) is 11.3 Å². The van der Waals surface area contributed by atoms with Crippen LogP contribution in [0.2, 0.25) is 0 Å². The predicted octanol–water partition coefficient (Wildman–Crippen LogP) is 0.897. The van der Waals surface area contributed by atoms with E-state index in [1.807, 2.05) is 18.2 Å². The van der Waals surface area contributed by atoms with Crippen LogP contribution in [0.3, 0.4) is 0 Å². The van der Waals surface area contributed by atoms with Crippen LogP contribution in [0.4, 0.5) is 0 Å². The Balaban J connectivity index is 2.33. The van der Waals surface area contributed by atoms with Gasteiger partial charge in [-0.25, -0.2) is 13.1 Å². The van der Waals surface area contributed by atoms with E-state index in [-0.39, 0.29) is 13.2 Å². The minimum atomic E-state index is -3.56. The van der Waals surface area contributed by atoms with E-state index in [0.717, 1.165) is 0 Å². The number of nitriles is 1. The summed E-state index contributed by atoms with van der Waals surface area (Å²) in [6, 6.07) is 10.8. The molecular formula is C11H14N2O3S. The van der Waals surface area contributed by atoms with Crippen molar-refractivity contribution in [3.63, 3.8) is 0 Å².